The molecule has 3 aromatic carbocycles. The van der Waals surface area contributed by atoms with Crippen LogP contribution in [-0.4, -0.2) is 42.2 Å². The fourth-order valence-corrected chi connectivity index (χ4v) is 5.11. The van der Waals surface area contributed by atoms with Gasteiger partial charge in [0.25, 0.3) is 10.0 Å². The summed E-state index contributed by atoms with van der Waals surface area (Å²) in [6, 6.07) is 17.3. The van der Waals surface area contributed by atoms with Crippen LogP contribution in [0.1, 0.15) is 18.5 Å². The van der Waals surface area contributed by atoms with E-state index in [9.17, 15) is 13.2 Å². The maximum Gasteiger partial charge on any atom is 0.264 e. The molecule has 10 heteroatoms. The third-order valence-electron chi connectivity index (χ3n) is 5.33. The van der Waals surface area contributed by atoms with Gasteiger partial charge in [0.15, 0.2) is 11.5 Å². The molecule has 186 valence electrons. The molecule has 1 N–H and O–H groups in total. The molecule has 0 radical (unpaired) electrons. The van der Waals surface area contributed by atoms with E-state index in [2.05, 4.69) is 5.32 Å². The minimum Gasteiger partial charge on any atom is -0.496 e. The number of nitrogens with one attached hydrogen (secondary N) is 1. The molecular weight excluding hydrogens is 492 g/mol. The molecule has 0 aliphatic rings. The fourth-order valence-electron chi connectivity index (χ4n) is 3.55. The number of carbonyl (C=O) groups is 1. The normalized spacial score (nSPS) is 11.9. The number of hydrogen-bond donors (Lipinski definition) is 1. The number of anilines is 1. The Morgan fingerprint density at radius 1 is 0.914 bits per heavy atom. The molecule has 0 heterocycles. The number of methoxy groups -OCH3 is 3. The average Bonchev–Trinajstić information content (AvgIpc) is 2.87. The Morgan fingerprint density at radius 2 is 1.54 bits per heavy atom. The van der Waals surface area contributed by atoms with Crippen LogP contribution >= 0.6 is 11.6 Å². The van der Waals surface area contributed by atoms with Crippen LogP contribution in [0, 0.1) is 0 Å². The lowest BCUT2D eigenvalue weighted by Crippen LogP contribution is -2.41. The standard InChI is InChI=1S/C25H27ClN2O6S/c1-17(21-7-5-6-8-22(21)32-2)27-25(29)16-28(19-11-9-18(26)10-12-19)35(30,31)20-13-14-23(33-3)24(15-20)34-4/h5-15,17H,16H2,1-4H3,(H,27,29)/t17-/m0/s1. The van der Waals surface area contributed by atoms with Crippen molar-refractivity contribution < 1.29 is 27.4 Å². The van der Waals surface area contributed by atoms with E-state index >= 15 is 0 Å². The molecule has 35 heavy (non-hydrogen) atoms. The van der Waals surface area contributed by atoms with Crippen LogP contribution in [0.5, 0.6) is 17.2 Å². The highest BCUT2D eigenvalue weighted by Gasteiger charge is 2.29. The Labute approximate surface area is 210 Å². The summed E-state index contributed by atoms with van der Waals surface area (Å²) in [7, 11) is 0.255. The van der Waals surface area contributed by atoms with E-state index in [1.54, 1.807) is 32.2 Å². The summed E-state index contributed by atoms with van der Waals surface area (Å²) in [5.41, 5.74) is 1.05. The molecule has 1 atom stereocenters. The first-order valence-electron chi connectivity index (χ1n) is 10.6. The number of amides is 1. The van der Waals surface area contributed by atoms with Gasteiger partial charge in [0.1, 0.15) is 12.3 Å². The second kappa shape index (κ2) is 11.3. The topological polar surface area (TPSA) is 94.2 Å². The minimum absolute atomic E-state index is 0.0596. The number of halogens is 1. The summed E-state index contributed by atoms with van der Waals surface area (Å²) in [6.45, 7) is 1.34. The van der Waals surface area contributed by atoms with Crippen LogP contribution in [0.15, 0.2) is 71.6 Å². The Morgan fingerprint density at radius 3 is 2.17 bits per heavy atom. The van der Waals surface area contributed by atoms with Gasteiger partial charge in [-0.15, -0.1) is 0 Å². The third kappa shape index (κ3) is 5.98. The van der Waals surface area contributed by atoms with Crippen LogP contribution in [-0.2, 0) is 14.8 Å². The fraction of sp³-hybridized carbons (Fsp3) is 0.240. The quantitative estimate of drug-likeness (QED) is 0.426. The van der Waals surface area contributed by atoms with Crippen LogP contribution in [0.2, 0.25) is 5.02 Å². The van der Waals surface area contributed by atoms with Crippen LogP contribution in [0.3, 0.4) is 0 Å². The Balaban J connectivity index is 1.94. The minimum atomic E-state index is -4.16. The summed E-state index contributed by atoms with van der Waals surface area (Å²) in [5, 5.41) is 3.29. The lowest BCUT2D eigenvalue weighted by atomic mass is 10.1. The van der Waals surface area contributed by atoms with Gasteiger partial charge in [-0.1, -0.05) is 29.8 Å². The van der Waals surface area contributed by atoms with E-state index in [4.69, 9.17) is 25.8 Å². The molecule has 0 unspecified atom stereocenters. The van der Waals surface area contributed by atoms with Gasteiger partial charge in [-0.3, -0.25) is 9.10 Å². The van der Waals surface area contributed by atoms with E-state index in [1.807, 2.05) is 18.2 Å². The van der Waals surface area contributed by atoms with Crippen molar-refractivity contribution in [3.63, 3.8) is 0 Å². The van der Waals surface area contributed by atoms with Gasteiger partial charge in [-0.05, 0) is 49.4 Å². The van der Waals surface area contributed by atoms with Crippen molar-refractivity contribution >= 4 is 33.2 Å². The Kier molecular flexibility index (Phi) is 8.48. The van der Waals surface area contributed by atoms with E-state index in [0.717, 1.165) is 9.87 Å². The lowest BCUT2D eigenvalue weighted by molar-refractivity contribution is -0.120. The molecule has 0 saturated carbocycles. The van der Waals surface area contributed by atoms with Crippen molar-refractivity contribution in [2.24, 2.45) is 0 Å². The van der Waals surface area contributed by atoms with Crippen molar-refractivity contribution in [1.29, 1.82) is 0 Å². The smallest absolute Gasteiger partial charge is 0.264 e. The maximum absolute atomic E-state index is 13.7. The van der Waals surface area contributed by atoms with E-state index in [0.29, 0.717) is 16.5 Å². The third-order valence-corrected chi connectivity index (χ3v) is 7.35. The molecule has 0 saturated heterocycles. The number of sulfonamides is 1. The van der Waals surface area contributed by atoms with Crippen molar-refractivity contribution in [2.75, 3.05) is 32.2 Å². The van der Waals surface area contributed by atoms with Gasteiger partial charge < -0.3 is 19.5 Å². The molecule has 3 rings (SSSR count). The van der Waals surface area contributed by atoms with Crippen molar-refractivity contribution in [3.05, 3.63) is 77.3 Å². The molecule has 0 spiro atoms. The Hall–Kier alpha value is -3.43. The SMILES string of the molecule is COc1ccc(S(=O)(=O)N(CC(=O)N[C@@H](C)c2ccccc2OC)c2ccc(Cl)cc2)cc1OC. The first-order valence-corrected chi connectivity index (χ1v) is 12.5. The highest BCUT2D eigenvalue weighted by atomic mass is 35.5. The van der Waals surface area contributed by atoms with Gasteiger partial charge in [-0.2, -0.15) is 0 Å². The zero-order valence-electron chi connectivity index (χ0n) is 19.8. The second-order valence-electron chi connectivity index (χ2n) is 7.54. The predicted octanol–water partition coefficient (Wildman–Crippen LogP) is 4.44. The first-order chi connectivity index (χ1) is 16.7. The average molecular weight is 519 g/mol. The highest BCUT2D eigenvalue weighted by molar-refractivity contribution is 7.92. The number of rotatable bonds is 10. The largest absolute Gasteiger partial charge is 0.496 e. The molecule has 3 aromatic rings. The second-order valence-corrected chi connectivity index (χ2v) is 9.83. The molecule has 0 bridgehead atoms. The van der Waals surface area contributed by atoms with Crippen molar-refractivity contribution in [1.82, 2.24) is 5.32 Å². The molecule has 0 aromatic heterocycles. The number of benzene rings is 3. The van der Waals surface area contributed by atoms with Gasteiger partial charge in [-0.25, -0.2) is 8.42 Å². The lowest BCUT2D eigenvalue weighted by Gasteiger charge is -2.26. The van der Waals surface area contributed by atoms with E-state index in [-0.39, 0.29) is 16.3 Å². The maximum atomic E-state index is 13.7. The predicted molar refractivity (Wildman–Crippen MR) is 135 cm³/mol. The molecule has 0 fully saturated rings. The zero-order valence-corrected chi connectivity index (χ0v) is 21.4. The summed E-state index contributed by atoms with van der Waals surface area (Å²) in [4.78, 5) is 13.0. The van der Waals surface area contributed by atoms with Gasteiger partial charge in [0.2, 0.25) is 5.91 Å². The van der Waals surface area contributed by atoms with Gasteiger partial charge in [0, 0.05) is 16.7 Å². The molecule has 8 nitrogen and oxygen atoms in total. The van der Waals surface area contributed by atoms with E-state index < -0.39 is 28.5 Å². The van der Waals surface area contributed by atoms with Gasteiger partial charge >= 0.3 is 0 Å². The summed E-state index contributed by atoms with van der Waals surface area (Å²) in [5.74, 6) is 0.752. The van der Waals surface area contributed by atoms with Crippen LogP contribution in [0.25, 0.3) is 0 Å². The summed E-state index contributed by atoms with van der Waals surface area (Å²) in [6.07, 6.45) is 0. The molecule has 0 aliphatic heterocycles. The number of nitrogens with zero attached hydrogens (tertiary/aromatic N) is 1. The first kappa shape index (κ1) is 26.2. The summed E-state index contributed by atoms with van der Waals surface area (Å²) < 4.78 is 44.2. The van der Waals surface area contributed by atoms with Crippen molar-refractivity contribution in [3.8, 4) is 17.2 Å². The van der Waals surface area contributed by atoms with Gasteiger partial charge in [0.05, 0.1) is 38.0 Å². The highest BCUT2D eigenvalue weighted by Crippen LogP contribution is 2.32. The van der Waals surface area contributed by atoms with E-state index in [1.165, 1.54) is 44.6 Å². The zero-order chi connectivity index (χ0) is 25.6. The molecule has 1 amide bonds. The van der Waals surface area contributed by atoms with Crippen LogP contribution < -0.4 is 23.8 Å². The van der Waals surface area contributed by atoms with Crippen molar-refractivity contribution in [2.45, 2.75) is 17.9 Å². The van der Waals surface area contributed by atoms with Crippen LogP contribution in [0.4, 0.5) is 5.69 Å². The number of para-hydroxylation sites is 1. The molecule has 0 aliphatic carbocycles. The number of carbonyl (C=O) groups excluding carboxylic acids is 1. The number of ether oxygens (including phenoxy) is 3. The molecular formula is C25H27ClN2O6S. The summed E-state index contributed by atoms with van der Waals surface area (Å²) >= 11 is 6.00. The monoisotopic (exact) mass is 518 g/mol. The Bertz CT molecular complexity index is 1280. The number of hydrogen-bond acceptors (Lipinski definition) is 6.